The van der Waals surface area contributed by atoms with Crippen molar-refractivity contribution in [2.45, 2.75) is 32.6 Å². The lowest BCUT2D eigenvalue weighted by Crippen LogP contribution is -1.70. The molecule has 54 valence electrons. The molecule has 0 atom stereocenters. The SMILES string of the molecule is CCC/C=C/CCCS. The molecule has 0 heterocycles. The summed E-state index contributed by atoms with van der Waals surface area (Å²) in [6.07, 6.45) is 9.40. The van der Waals surface area contributed by atoms with Gasteiger partial charge in [-0.2, -0.15) is 12.6 Å². The minimum atomic E-state index is 1.01. The maximum absolute atomic E-state index is 4.11. The van der Waals surface area contributed by atoms with Gasteiger partial charge in [-0.3, -0.25) is 0 Å². The summed E-state index contributed by atoms with van der Waals surface area (Å²) >= 11 is 4.11. The van der Waals surface area contributed by atoms with Crippen LogP contribution in [0.25, 0.3) is 0 Å². The van der Waals surface area contributed by atoms with E-state index in [1.54, 1.807) is 0 Å². The second-order valence-corrected chi connectivity index (χ2v) is 2.57. The van der Waals surface area contributed by atoms with E-state index < -0.39 is 0 Å². The van der Waals surface area contributed by atoms with Gasteiger partial charge in [-0.15, -0.1) is 0 Å². The first-order valence-corrected chi connectivity index (χ1v) is 4.31. The summed E-state index contributed by atoms with van der Waals surface area (Å²) in [5.74, 6) is 1.01. The van der Waals surface area contributed by atoms with E-state index in [1.165, 1.54) is 25.7 Å². The van der Waals surface area contributed by atoms with Crippen LogP contribution >= 0.6 is 12.6 Å². The van der Waals surface area contributed by atoms with Gasteiger partial charge in [0.05, 0.1) is 0 Å². The van der Waals surface area contributed by atoms with Gasteiger partial charge in [-0.05, 0) is 25.0 Å². The molecule has 1 heteroatoms. The van der Waals surface area contributed by atoms with Crippen LogP contribution in [0.5, 0.6) is 0 Å². The van der Waals surface area contributed by atoms with Crippen molar-refractivity contribution in [3.8, 4) is 0 Å². The van der Waals surface area contributed by atoms with Crippen LogP contribution in [0.3, 0.4) is 0 Å². The van der Waals surface area contributed by atoms with Crippen LogP contribution in [0.15, 0.2) is 12.2 Å². The lowest BCUT2D eigenvalue weighted by Gasteiger charge is -1.86. The Balaban J connectivity index is 2.86. The first kappa shape index (κ1) is 9.09. The molecule has 0 N–H and O–H groups in total. The van der Waals surface area contributed by atoms with Crippen LogP contribution < -0.4 is 0 Å². The Bertz CT molecular complexity index is 67.0. The summed E-state index contributed by atoms with van der Waals surface area (Å²) in [6.45, 7) is 2.20. The number of allylic oxidation sites excluding steroid dienone is 2. The number of hydrogen-bond acceptors (Lipinski definition) is 1. The number of rotatable bonds is 5. The third kappa shape index (κ3) is 8.09. The molecule has 0 aromatic heterocycles. The second-order valence-electron chi connectivity index (χ2n) is 2.13. The third-order valence-corrected chi connectivity index (χ3v) is 1.47. The van der Waals surface area contributed by atoms with Gasteiger partial charge in [-0.1, -0.05) is 25.5 Å². The molecule has 0 fully saturated rings. The first-order chi connectivity index (χ1) is 4.41. The molecule has 0 radical (unpaired) electrons. The summed E-state index contributed by atoms with van der Waals surface area (Å²) in [5.41, 5.74) is 0. The molecule has 0 aromatic rings. The number of hydrogen-bond donors (Lipinski definition) is 1. The molecular weight excluding hydrogens is 128 g/mol. The van der Waals surface area contributed by atoms with Crippen LogP contribution in [0.4, 0.5) is 0 Å². The summed E-state index contributed by atoms with van der Waals surface area (Å²) in [7, 11) is 0. The molecule has 0 aromatic carbocycles. The standard InChI is InChI=1S/C8H16S/c1-2-3-4-5-6-7-8-9/h4-5,9H,2-3,6-8H2,1H3/b5-4+. The van der Waals surface area contributed by atoms with Gasteiger partial charge in [0.1, 0.15) is 0 Å². The number of unbranched alkanes of at least 4 members (excludes halogenated alkanes) is 2. The highest BCUT2D eigenvalue weighted by atomic mass is 32.1. The Morgan fingerprint density at radius 1 is 1.22 bits per heavy atom. The van der Waals surface area contributed by atoms with E-state index in [9.17, 15) is 0 Å². The lowest BCUT2D eigenvalue weighted by atomic mass is 10.2. The Hall–Kier alpha value is 0.0900. The van der Waals surface area contributed by atoms with Crippen molar-refractivity contribution in [3.63, 3.8) is 0 Å². The predicted octanol–water partition coefficient (Wildman–Crippen LogP) is 3.05. The molecule has 9 heavy (non-hydrogen) atoms. The summed E-state index contributed by atoms with van der Waals surface area (Å²) in [6, 6.07) is 0. The van der Waals surface area contributed by atoms with E-state index in [0.717, 1.165) is 5.75 Å². The van der Waals surface area contributed by atoms with Crippen molar-refractivity contribution in [3.05, 3.63) is 12.2 Å². The minimum absolute atomic E-state index is 1.01. The van der Waals surface area contributed by atoms with Gasteiger partial charge >= 0.3 is 0 Å². The van der Waals surface area contributed by atoms with Crippen LogP contribution in [0.2, 0.25) is 0 Å². The van der Waals surface area contributed by atoms with Crippen LogP contribution in [-0.4, -0.2) is 5.75 Å². The van der Waals surface area contributed by atoms with Gasteiger partial charge in [-0.25, -0.2) is 0 Å². The summed E-state index contributed by atoms with van der Waals surface area (Å²) in [5, 5.41) is 0. The number of thiol groups is 1. The van der Waals surface area contributed by atoms with Crippen LogP contribution in [0.1, 0.15) is 32.6 Å². The maximum Gasteiger partial charge on any atom is -0.00950 e. The highest BCUT2D eigenvalue weighted by molar-refractivity contribution is 7.80. The molecule has 0 bridgehead atoms. The summed E-state index contributed by atoms with van der Waals surface area (Å²) < 4.78 is 0. The van der Waals surface area contributed by atoms with Crippen LogP contribution in [-0.2, 0) is 0 Å². The quantitative estimate of drug-likeness (QED) is 0.342. The molecule has 0 saturated carbocycles. The van der Waals surface area contributed by atoms with Crippen molar-refractivity contribution in [2.75, 3.05) is 5.75 Å². The van der Waals surface area contributed by atoms with Crippen molar-refractivity contribution in [1.82, 2.24) is 0 Å². The molecule has 0 aliphatic carbocycles. The Morgan fingerprint density at radius 2 is 1.89 bits per heavy atom. The fourth-order valence-electron chi connectivity index (χ4n) is 0.612. The zero-order valence-corrected chi connectivity index (χ0v) is 7.03. The van der Waals surface area contributed by atoms with Crippen molar-refractivity contribution >= 4 is 12.6 Å². The van der Waals surface area contributed by atoms with Gasteiger partial charge in [0.2, 0.25) is 0 Å². The van der Waals surface area contributed by atoms with Crippen molar-refractivity contribution in [2.24, 2.45) is 0 Å². The minimum Gasteiger partial charge on any atom is -0.179 e. The van der Waals surface area contributed by atoms with E-state index in [2.05, 4.69) is 31.7 Å². The Labute approximate surface area is 63.8 Å². The Kier molecular flexibility index (Phi) is 8.17. The zero-order chi connectivity index (χ0) is 6.95. The first-order valence-electron chi connectivity index (χ1n) is 3.67. The molecule has 0 aliphatic rings. The average Bonchev–Trinajstić information content (AvgIpc) is 1.89. The topological polar surface area (TPSA) is 0 Å². The van der Waals surface area contributed by atoms with Gasteiger partial charge in [0, 0.05) is 0 Å². The molecule has 0 nitrogen and oxygen atoms in total. The average molecular weight is 144 g/mol. The third-order valence-electron chi connectivity index (χ3n) is 1.15. The fourth-order valence-corrected chi connectivity index (χ4v) is 0.794. The van der Waals surface area contributed by atoms with Crippen molar-refractivity contribution in [1.29, 1.82) is 0 Å². The van der Waals surface area contributed by atoms with Gasteiger partial charge in [0.25, 0.3) is 0 Å². The van der Waals surface area contributed by atoms with E-state index in [1.807, 2.05) is 0 Å². The molecule has 0 unspecified atom stereocenters. The van der Waals surface area contributed by atoms with Gasteiger partial charge in [0.15, 0.2) is 0 Å². The van der Waals surface area contributed by atoms with E-state index in [0.29, 0.717) is 0 Å². The van der Waals surface area contributed by atoms with E-state index in [4.69, 9.17) is 0 Å². The smallest absolute Gasteiger partial charge is 0.00950 e. The summed E-state index contributed by atoms with van der Waals surface area (Å²) in [4.78, 5) is 0. The predicted molar refractivity (Wildman–Crippen MR) is 47.1 cm³/mol. The molecule has 0 saturated heterocycles. The van der Waals surface area contributed by atoms with E-state index >= 15 is 0 Å². The highest BCUT2D eigenvalue weighted by Crippen LogP contribution is 1.95. The lowest BCUT2D eigenvalue weighted by molar-refractivity contribution is 0.928. The highest BCUT2D eigenvalue weighted by Gasteiger charge is 1.76. The van der Waals surface area contributed by atoms with Crippen molar-refractivity contribution < 1.29 is 0 Å². The maximum atomic E-state index is 4.11. The Morgan fingerprint density at radius 3 is 2.44 bits per heavy atom. The molecule has 0 amide bonds. The molecular formula is C8H16S. The normalized spacial score (nSPS) is 10.9. The fraction of sp³-hybridized carbons (Fsp3) is 0.750. The molecule has 0 rings (SSSR count). The van der Waals surface area contributed by atoms with E-state index in [-0.39, 0.29) is 0 Å². The molecule has 0 aliphatic heterocycles. The molecule has 0 spiro atoms. The second kappa shape index (κ2) is 8.09. The van der Waals surface area contributed by atoms with Crippen LogP contribution in [0, 0.1) is 0 Å². The monoisotopic (exact) mass is 144 g/mol. The van der Waals surface area contributed by atoms with Gasteiger partial charge < -0.3 is 0 Å². The zero-order valence-electron chi connectivity index (χ0n) is 6.14. The largest absolute Gasteiger partial charge is 0.179 e.